The van der Waals surface area contributed by atoms with Crippen molar-refractivity contribution in [2.24, 2.45) is 35.8 Å². The van der Waals surface area contributed by atoms with Gasteiger partial charge in [0, 0.05) is 164 Å². The molecule has 1 aliphatic carbocycles. The van der Waals surface area contributed by atoms with E-state index < -0.39 is 23.6 Å². The van der Waals surface area contributed by atoms with E-state index in [1.165, 1.54) is 45.1 Å². The first-order chi connectivity index (χ1) is 62.6. The molecule has 2 fully saturated rings. The molecule has 4 atom stereocenters. The fourth-order valence-corrected chi connectivity index (χ4v) is 14.7. The minimum atomic E-state index is -1.01. The van der Waals surface area contributed by atoms with Crippen LogP contribution in [0.5, 0.6) is 0 Å². The number of aliphatic hydroxyl groups is 5. The molecule has 2 amide bonds. The summed E-state index contributed by atoms with van der Waals surface area (Å²) in [5, 5.41) is 66.2. The molecule has 29 heteroatoms. The van der Waals surface area contributed by atoms with E-state index in [4.69, 9.17) is 20.2 Å². The molecule has 8 rings (SSSR count). The van der Waals surface area contributed by atoms with Crippen LogP contribution in [-0.2, 0) is 42.3 Å². The number of aliphatic hydroxyl groups excluding tert-OH is 5. The Labute approximate surface area is 774 Å². The van der Waals surface area contributed by atoms with Gasteiger partial charge in [0.05, 0.1) is 74.0 Å². The molecule has 1 aliphatic heterocycles. The topological polar surface area (TPSA) is 344 Å². The second-order valence-corrected chi connectivity index (χ2v) is 34.3. The largest absolute Gasteiger partial charge is 0.396 e. The zero-order chi connectivity index (χ0) is 93.5. The highest BCUT2D eigenvalue weighted by molar-refractivity contribution is 5.82. The first-order valence-corrected chi connectivity index (χ1v) is 47.7. The van der Waals surface area contributed by atoms with Crippen molar-refractivity contribution >= 4 is 42.9 Å². The predicted molar refractivity (Wildman–Crippen MR) is 529 cm³/mol. The van der Waals surface area contributed by atoms with Gasteiger partial charge in [-0.25, -0.2) is 0 Å². The lowest BCUT2D eigenvalue weighted by molar-refractivity contribution is -0.131. The average Bonchev–Trinajstić information content (AvgIpc) is 1.75. The van der Waals surface area contributed by atoms with E-state index in [1.807, 2.05) is 155 Å². The summed E-state index contributed by atoms with van der Waals surface area (Å²) in [7, 11) is 6.14. The van der Waals surface area contributed by atoms with Crippen molar-refractivity contribution < 1.29 is 35.1 Å². The van der Waals surface area contributed by atoms with Crippen LogP contribution in [0.1, 0.15) is 208 Å². The van der Waals surface area contributed by atoms with E-state index in [2.05, 4.69) is 146 Å². The van der Waals surface area contributed by atoms with E-state index >= 15 is 0 Å². The molecule has 1 saturated heterocycles. The van der Waals surface area contributed by atoms with Gasteiger partial charge in [0.15, 0.2) is 0 Å². The normalized spacial score (nSPS) is 14.7. The molecule has 5 aromatic heterocycles. The molecule has 1 saturated carbocycles. The second kappa shape index (κ2) is 66.9. The monoisotopic (exact) mass is 1790 g/mol. The van der Waals surface area contributed by atoms with E-state index in [9.17, 15) is 24.9 Å². The van der Waals surface area contributed by atoms with E-state index in [-0.39, 0.29) is 43.7 Å². The molecule has 0 radical (unpaired) electrons. The SMILES string of the molecule is CCN(CC)CCCCNCc1cc(C=NC(c2ccccc2)C(O)C(N=Cc2ccnc(CNCCCCN(CC)CC)c2)C(C)(C)CO)ccn1.CCN(CC)CCCCNCc1cc(C=NCC2(CO)CC2)ccn1.CCN(CC1CCCN1C)C(=O)CNCc1cc(C=NCCO)ccn1.CCN(CCN(C)C)C(=O)CNCc1cc(C=NCCCO)ccn1. The van der Waals surface area contributed by atoms with Crippen LogP contribution in [0.4, 0.5) is 0 Å². The third-order valence-corrected chi connectivity index (χ3v) is 23.5. The zero-order valence-electron chi connectivity index (χ0n) is 80.8. The predicted octanol–water partition coefficient (Wildman–Crippen LogP) is 9.32. The summed E-state index contributed by atoms with van der Waals surface area (Å²) in [5.74, 6) is 0.236. The number of hydrogen-bond acceptors (Lipinski definition) is 27. The van der Waals surface area contributed by atoms with Crippen molar-refractivity contribution in [2.45, 2.75) is 197 Å². The number of rotatable bonds is 62. The molecular weight excluding hydrogens is 1620 g/mol. The number of unbranched alkanes of at least 4 members (excludes halogenated alkanes) is 3. The molecule has 6 heterocycles. The van der Waals surface area contributed by atoms with E-state index in [1.54, 1.807) is 43.4 Å². The number of aliphatic imine (C=N–C) groups is 5. The lowest BCUT2D eigenvalue weighted by atomic mass is 9.79. The van der Waals surface area contributed by atoms with Crippen LogP contribution in [0.15, 0.2) is 147 Å². The number of carbonyl (C=O) groups excluding carboxylic acids is 2. The smallest absolute Gasteiger partial charge is 0.236 e. The van der Waals surface area contributed by atoms with Crippen LogP contribution < -0.4 is 26.6 Å². The summed E-state index contributed by atoms with van der Waals surface area (Å²) >= 11 is 0. The number of likely N-dealkylation sites (N-methyl/N-ethyl adjacent to an activating group) is 4. The number of nitrogens with zero attached hydrogens (tertiary/aromatic N) is 17. The number of pyridine rings is 5. The Balaban J connectivity index is 0.000000327. The fourth-order valence-electron chi connectivity index (χ4n) is 14.7. The average molecular weight is 1790 g/mol. The Morgan fingerprint density at radius 1 is 0.496 bits per heavy atom. The number of likely N-dealkylation sites (tertiary alicyclic amines) is 1. The maximum absolute atomic E-state index is 12.5. The second-order valence-electron chi connectivity index (χ2n) is 34.3. The van der Waals surface area contributed by atoms with Gasteiger partial charge >= 0.3 is 0 Å². The van der Waals surface area contributed by atoms with Crippen molar-refractivity contribution in [1.29, 1.82) is 0 Å². The molecule has 2 aliphatic rings. The first kappa shape index (κ1) is 111. The van der Waals surface area contributed by atoms with Crippen molar-refractivity contribution in [3.63, 3.8) is 0 Å². The van der Waals surface area contributed by atoms with Gasteiger partial charge in [-0.15, -0.1) is 0 Å². The van der Waals surface area contributed by atoms with Crippen LogP contribution in [0.2, 0.25) is 0 Å². The molecule has 4 unspecified atom stereocenters. The molecule has 0 spiro atoms. The van der Waals surface area contributed by atoms with Crippen LogP contribution in [0.25, 0.3) is 0 Å². The first-order valence-electron chi connectivity index (χ1n) is 47.7. The Morgan fingerprint density at radius 3 is 1.29 bits per heavy atom. The summed E-state index contributed by atoms with van der Waals surface area (Å²) in [6.45, 7) is 45.1. The minimum Gasteiger partial charge on any atom is -0.396 e. The van der Waals surface area contributed by atoms with Gasteiger partial charge in [0.25, 0.3) is 0 Å². The number of amides is 2. The van der Waals surface area contributed by atoms with Crippen LogP contribution in [0.3, 0.4) is 0 Å². The number of benzene rings is 1. The Hall–Kier alpha value is -8.34. The Morgan fingerprint density at radius 2 is 0.907 bits per heavy atom. The van der Waals surface area contributed by atoms with Gasteiger partial charge in [-0.3, -0.25) is 59.5 Å². The number of aromatic nitrogens is 5. The molecule has 129 heavy (non-hydrogen) atoms. The number of hydrogen-bond donors (Lipinski definition) is 10. The molecule has 1 aromatic carbocycles. The highest BCUT2D eigenvalue weighted by atomic mass is 16.3. The van der Waals surface area contributed by atoms with Crippen molar-refractivity contribution in [3.05, 3.63) is 184 Å². The number of nitrogens with one attached hydrogen (secondary N) is 5. The maximum Gasteiger partial charge on any atom is 0.236 e. The molecule has 10 N–H and O–H groups in total. The molecule has 0 bridgehead atoms. The van der Waals surface area contributed by atoms with Crippen LogP contribution in [-0.4, -0.2) is 344 Å². The van der Waals surface area contributed by atoms with Gasteiger partial charge in [0.2, 0.25) is 11.8 Å². The summed E-state index contributed by atoms with van der Waals surface area (Å²) in [6, 6.07) is 28.7. The summed E-state index contributed by atoms with van der Waals surface area (Å²) in [5.41, 5.74) is 9.71. The third kappa shape index (κ3) is 46.5. The van der Waals surface area contributed by atoms with E-state index in [0.29, 0.717) is 71.4 Å². The quantitative estimate of drug-likeness (QED) is 0.0125. The van der Waals surface area contributed by atoms with Gasteiger partial charge in [-0.2, -0.15) is 0 Å². The lowest BCUT2D eigenvalue weighted by Crippen LogP contribution is -2.44. The lowest BCUT2D eigenvalue weighted by Gasteiger charge is -2.35. The van der Waals surface area contributed by atoms with Crippen molar-refractivity contribution in [3.8, 4) is 0 Å². The molecule has 6 aromatic rings. The summed E-state index contributed by atoms with van der Waals surface area (Å²) in [6.07, 6.45) is 29.2. The fraction of sp³-hybridized carbons (Fsp3) is 0.620. The van der Waals surface area contributed by atoms with Gasteiger partial charge in [-0.05, 0) is 285 Å². The standard InChI is InChI=1S/C43H68N8O2.C20H34N4O.C19H31N5O2.C18H31N5O2/c1-7-50(8-2)26-16-14-22-44-32-38-28-35(20-24-46-38)30-48-40(37-18-12-11-13-19-37)41(53)42(43(5,6)34-52)49-31-36-21-25-47-39(29-36)33-45-23-15-17-27-51(9-3)10-4;1-3-24(4-2)12-6-5-10-21-15-19-13-18(7-11-23-19)14-22-16-20(17-25)8-9-20;1-3-24(15-18-5-4-9-23(18)2)19(26)14-21-13-17-11-16(6-7-22-17)12-20-8-10-25;1-4-23(10-9-22(2)3)18(25)15-20-14-17-12-16(6-8-21-17)13-19-7-5-11-24/h11-13,18-21,24-25,28-31,40-42,44-45,52-53H,7-10,14-17,22-23,26-27,32-34H2,1-6H3;7,11,13-14,21,25H,3-6,8-10,12,15-17H2,1-2H3;6-7,11-12,18,21,25H,3-5,8-10,13-15H2,1-2H3;6,8,12-13,20,24H,4-5,7,9-11,14-15H2,1-3H3. The van der Waals surface area contributed by atoms with Crippen LogP contribution >= 0.6 is 0 Å². The molecular formula is C100H164N22O7. The summed E-state index contributed by atoms with van der Waals surface area (Å²) in [4.78, 5) is 85.2. The number of carbonyl (C=O) groups is 2. The van der Waals surface area contributed by atoms with Crippen molar-refractivity contribution in [1.82, 2.24) is 85.8 Å². The Kier molecular flexibility index (Phi) is 57.7. The third-order valence-electron chi connectivity index (χ3n) is 23.5. The molecule has 716 valence electrons. The van der Waals surface area contributed by atoms with Gasteiger partial charge < -0.3 is 86.4 Å². The zero-order valence-corrected chi connectivity index (χ0v) is 80.8. The van der Waals surface area contributed by atoms with Gasteiger partial charge in [0.1, 0.15) is 12.1 Å². The van der Waals surface area contributed by atoms with Gasteiger partial charge in [-0.1, -0.05) is 85.7 Å². The molecule has 29 nitrogen and oxygen atoms in total. The van der Waals surface area contributed by atoms with Crippen LogP contribution in [0, 0.1) is 10.8 Å². The van der Waals surface area contributed by atoms with E-state index in [0.717, 1.165) is 205 Å². The maximum atomic E-state index is 12.5. The highest BCUT2D eigenvalue weighted by Gasteiger charge is 2.42. The van der Waals surface area contributed by atoms with Crippen molar-refractivity contribution in [2.75, 3.05) is 198 Å². The summed E-state index contributed by atoms with van der Waals surface area (Å²) < 4.78 is 0. The minimum absolute atomic E-state index is 0.0443. The highest BCUT2D eigenvalue weighted by Crippen LogP contribution is 2.45. The Bertz CT molecular complexity index is 4090.